The molecule has 0 unspecified atom stereocenters. The van der Waals surface area contributed by atoms with Crippen molar-refractivity contribution in [3.63, 3.8) is 0 Å². The van der Waals surface area contributed by atoms with Gasteiger partial charge in [0.25, 0.3) is 10.0 Å². The fraction of sp³-hybridized carbons (Fsp3) is 0.105. The van der Waals surface area contributed by atoms with Gasteiger partial charge in [-0.15, -0.1) is 0 Å². The first-order valence-electron chi connectivity index (χ1n) is 8.05. The molecule has 0 spiro atoms. The standard InChI is InChI=1S/C19H18ClN3O2S/c20-16-7-4-8-18(13-16)26(24,25)23-19-10-9-17(14-22-19)21-12-11-15-5-2-1-3-6-15/h1-10,13-14,21H,11-12H2,(H,22,23). The van der Waals surface area contributed by atoms with Crippen LogP contribution in [0.4, 0.5) is 11.5 Å². The molecule has 7 heteroatoms. The highest BCUT2D eigenvalue weighted by Crippen LogP contribution is 2.19. The molecule has 0 radical (unpaired) electrons. The van der Waals surface area contributed by atoms with Crippen molar-refractivity contribution in [2.75, 3.05) is 16.6 Å². The van der Waals surface area contributed by atoms with Crippen molar-refractivity contribution in [3.8, 4) is 0 Å². The first kappa shape index (κ1) is 18.2. The van der Waals surface area contributed by atoms with E-state index in [0.29, 0.717) is 5.02 Å². The minimum absolute atomic E-state index is 0.0943. The van der Waals surface area contributed by atoms with Crippen LogP contribution in [0.25, 0.3) is 0 Å². The molecule has 5 nitrogen and oxygen atoms in total. The van der Waals surface area contributed by atoms with E-state index in [4.69, 9.17) is 11.6 Å². The quantitative estimate of drug-likeness (QED) is 0.637. The lowest BCUT2D eigenvalue weighted by Gasteiger charge is -2.09. The van der Waals surface area contributed by atoms with E-state index in [2.05, 4.69) is 27.2 Å². The number of halogens is 1. The molecular formula is C19H18ClN3O2S. The molecule has 2 N–H and O–H groups in total. The van der Waals surface area contributed by atoms with Crippen LogP contribution in [0.5, 0.6) is 0 Å². The number of nitrogens with one attached hydrogen (secondary N) is 2. The molecule has 0 atom stereocenters. The van der Waals surface area contributed by atoms with Crippen LogP contribution >= 0.6 is 11.6 Å². The van der Waals surface area contributed by atoms with Gasteiger partial charge in [-0.1, -0.05) is 48.0 Å². The zero-order chi connectivity index (χ0) is 18.4. The van der Waals surface area contributed by atoms with Crippen LogP contribution in [-0.2, 0) is 16.4 Å². The summed E-state index contributed by atoms with van der Waals surface area (Å²) in [6.45, 7) is 0.763. The van der Waals surface area contributed by atoms with Crippen molar-refractivity contribution >= 4 is 33.1 Å². The second-order valence-electron chi connectivity index (χ2n) is 5.66. The molecule has 0 fully saturated rings. The Morgan fingerprint density at radius 2 is 1.77 bits per heavy atom. The summed E-state index contributed by atoms with van der Waals surface area (Å²) in [5.41, 5.74) is 2.07. The summed E-state index contributed by atoms with van der Waals surface area (Å²) in [5, 5.41) is 3.63. The lowest BCUT2D eigenvalue weighted by molar-refractivity contribution is 0.601. The monoisotopic (exact) mass is 387 g/mol. The molecule has 26 heavy (non-hydrogen) atoms. The van der Waals surface area contributed by atoms with Gasteiger partial charge in [0.1, 0.15) is 5.82 Å². The molecule has 3 rings (SSSR count). The number of sulfonamides is 1. The lowest BCUT2D eigenvalue weighted by Crippen LogP contribution is -2.14. The highest BCUT2D eigenvalue weighted by atomic mass is 35.5. The third kappa shape index (κ3) is 4.97. The van der Waals surface area contributed by atoms with E-state index in [0.717, 1.165) is 18.7 Å². The molecule has 2 aromatic carbocycles. The van der Waals surface area contributed by atoms with Crippen LogP contribution in [0.3, 0.4) is 0 Å². The van der Waals surface area contributed by atoms with E-state index in [1.54, 1.807) is 30.5 Å². The number of hydrogen-bond donors (Lipinski definition) is 2. The molecule has 134 valence electrons. The average molecular weight is 388 g/mol. The van der Waals surface area contributed by atoms with E-state index < -0.39 is 10.0 Å². The second kappa shape index (κ2) is 8.21. The van der Waals surface area contributed by atoms with Gasteiger partial charge in [0, 0.05) is 11.6 Å². The molecule has 3 aromatic rings. The lowest BCUT2D eigenvalue weighted by atomic mass is 10.1. The molecule has 0 aliphatic rings. The highest BCUT2D eigenvalue weighted by Gasteiger charge is 2.15. The minimum Gasteiger partial charge on any atom is -0.383 e. The van der Waals surface area contributed by atoms with Crippen LogP contribution in [0.1, 0.15) is 5.56 Å². The molecular weight excluding hydrogens is 370 g/mol. The normalized spacial score (nSPS) is 11.1. The summed E-state index contributed by atoms with van der Waals surface area (Å²) < 4.78 is 27.1. The summed E-state index contributed by atoms with van der Waals surface area (Å²) >= 11 is 5.85. The van der Waals surface area contributed by atoms with E-state index >= 15 is 0 Å². The number of nitrogens with zero attached hydrogens (tertiary/aromatic N) is 1. The first-order chi connectivity index (χ1) is 12.5. The number of benzene rings is 2. The Labute approximate surface area is 158 Å². The van der Waals surface area contributed by atoms with Crippen molar-refractivity contribution < 1.29 is 8.42 Å². The van der Waals surface area contributed by atoms with Crippen molar-refractivity contribution in [2.45, 2.75) is 11.3 Å². The molecule has 0 bridgehead atoms. The second-order valence-corrected chi connectivity index (χ2v) is 7.78. The van der Waals surface area contributed by atoms with Gasteiger partial charge in [-0.2, -0.15) is 0 Å². The molecule has 1 heterocycles. The molecule has 1 aromatic heterocycles. The number of rotatable bonds is 7. The maximum atomic E-state index is 12.3. The van der Waals surface area contributed by atoms with E-state index in [1.165, 1.54) is 17.7 Å². The van der Waals surface area contributed by atoms with Gasteiger partial charge < -0.3 is 5.32 Å². The topological polar surface area (TPSA) is 71.1 Å². The third-order valence-electron chi connectivity index (χ3n) is 3.69. The van der Waals surface area contributed by atoms with E-state index in [1.807, 2.05) is 18.2 Å². The van der Waals surface area contributed by atoms with E-state index in [-0.39, 0.29) is 10.7 Å². The number of anilines is 2. The van der Waals surface area contributed by atoms with Crippen LogP contribution in [0, 0.1) is 0 Å². The summed E-state index contributed by atoms with van der Waals surface area (Å²) in [5.74, 6) is 0.249. The molecule has 0 saturated heterocycles. The fourth-order valence-corrected chi connectivity index (χ4v) is 3.69. The predicted octanol–water partition coefficient (Wildman–Crippen LogP) is 4.19. The van der Waals surface area contributed by atoms with Gasteiger partial charge in [-0.25, -0.2) is 13.4 Å². The highest BCUT2D eigenvalue weighted by molar-refractivity contribution is 7.92. The van der Waals surface area contributed by atoms with Crippen molar-refractivity contribution in [2.24, 2.45) is 0 Å². The van der Waals surface area contributed by atoms with Crippen molar-refractivity contribution in [1.82, 2.24) is 4.98 Å². The Balaban J connectivity index is 1.59. The van der Waals surface area contributed by atoms with Crippen LogP contribution in [-0.4, -0.2) is 19.9 Å². The maximum Gasteiger partial charge on any atom is 0.263 e. The number of hydrogen-bond acceptors (Lipinski definition) is 4. The van der Waals surface area contributed by atoms with E-state index in [9.17, 15) is 8.42 Å². The molecule has 0 amide bonds. The molecule has 0 aliphatic heterocycles. The summed E-state index contributed by atoms with van der Waals surface area (Å²) in [7, 11) is -3.72. The largest absolute Gasteiger partial charge is 0.383 e. The SMILES string of the molecule is O=S(=O)(Nc1ccc(NCCc2ccccc2)cn1)c1cccc(Cl)c1. The van der Waals surface area contributed by atoms with Crippen molar-refractivity contribution in [3.05, 3.63) is 83.5 Å². The van der Waals surface area contributed by atoms with Gasteiger partial charge in [-0.3, -0.25) is 4.72 Å². The molecule has 0 saturated carbocycles. The van der Waals surface area contributed by atoms with Gasteiger partial charge in [-0.05, 0) is 42.3 Å². The van der Waals surface area contributed by atoms with Crippen LogP contribution < -0.4 is 10.0 Å². The Bertz CT molecular complexity index is 962. The van der Waals surface area contributed by atoms with Crippen molar-refractivity contribution in [1.29, 1.82) is 0 Å². The summed E-state index contributed by atoms with van der Waals surface area (Å²) in [4.78, 5) is 4.25. The third-order valence-corrected chi connectivity index (χ3v) is 5.28. The predicted molar refractivity (Wildman–Crippen MR) is 105 cm³/mol. The zero-order valence-corrected chi connectivity index (χ0v) is 15.5. The fourth-order valence-electron chi connectivity index (χ4n) is 2.39. The number of aromatic nitrogens is 1. The first-order valence-corrected chi connectivity index (χ1v) is 9.91. The van der Waals surface area contributed by atoms with Gasteiger partial charge in [0.15, 0.2) is 0 Å². The zero-order valence-electron chi connectivity index (χ0n) is 13.9. The average Bonchev–Trinajstić information content (AvgIpc) is 2.64. The minimum atomic E-state index is -3.72. The Hall–Kier alpha value is -2.57. The smallest absolute Gasteiger partial charge is 0.263 e. The Kier molecular flexibility index (Phi) is 5.75. The van der Waals surface area contributed by atoms with Crippen LogP contribution in [0.2, 0.25) is 5.02 Å². The van der Waals surface area contributed by atoms with Gasteiger partial charge in [0.2, 0.25) is 0 Å². The summed E-state index contributed by atoms with van der Waals surface area (Å²) in [6, 6.07) is 19.7. The van der Waals surface area contributed by atoms with Gasteiger partial charge >= 0.3 is 0 Å². The molecule has 0 aliphatic carbocycles. The Morgan fingerprint density at radius 1 is 0.962 bits per heavy atom. The number of pyridine rings is 1. The Morgan fingerprint density at radius 3 is 2.46 bits per heavy atom. The summed E-state index contributed by atoms with van der Waals surface area (Å²) in [6.07, 6.45) is 2.49. The maximum absolute atomic E-state index is 12.3. The van der Waals surface area contributed by atoms with Crippen LogP contribution in [0.15, 0.2) is 77.8 Å². The van der Waals surface area contributed by atoms with Gasteiger partial charge in [0.05, 0.1) is 16.8 Å².